The molecule has 120 valence electrons. The molecule has 6 nitrogen and oxygen atoms in total. The Morgan fingerprint density at radius 2 is 1.74 bits per heavy atom. The number of carbonyl (C=O) groups excluding carboxylic acids is 1. The van der Waals surface area contributed by atoms with Crippen LogP contribution in [0.5, 0.6) is 0 Å². The molecule has 1 aromatic carbocycles. The molecule has 1 aromatic heterocycles. The first-order valence-electron chi connectivity index (χ1n) is 7.05. The molecule has 8 heteroatoms. The van der Waals surface area contributed by atoms with Gasteiger partial charge in [-0.05, 0) is 12.1 Å². The molecule has 1 amide bonds. The van der Waals surface area contributed by atoms with Gasteiger partial charge in [0.15, 0.2) is 0 Å². The first-order valence-corrected chi connectivity index (χ1v) is 7.81. The van der Waals surface area contributed by atoms with Crippen molar-refractivity contribution in [1.82, 2.24) is 14.9 Å². The fourth-order valence-corrected chi connectivity index (χ4v) is 2.67. The minimum Gasteiger partial charge on any atom is -0.378 e. The van der Waals surface area contributed by atoms with Crippen molar-refractivity contribution in [3.63, 3.8) is 0 Å². The van der Waals surface area contributed by atoms with Crippen LogP contribution in [0.4, 0.5) is 11.6 Å². The predicted molar refractivity (Wildman–Crippen MR) is 88.5 cm³/mol. The van der Waals surface area contributed by atoms with E-state index in [9.17, 15) is 4.79 Å². The fraction of sp³-hybridized carbons (Fsp3) is 0.267. The third kappa shape index (κ3) is 3.72. The molecule has 0 unspecified atom stereocenters. The Kier molecular flexibility index (Phi) is 4.95. The van der Waals surface area contributed by atoms with E-state index in [0.717, 1.165) is 0 Å². The van der Waals surface area contributed by atoms with Gasteiger partial charge in [-0.2, -0.15) is 0 Å². The predicted octanol–water partition coefficient (Wildman–Crippen LogP) is 3.00. The molecule has 2 heterocycles. The molecule has 2 aromatic rings. The number of anilines is 2. The van der Waals surface area contributed by atoms with Crippen LogP contribution in [0.25, 0.3) is 0 Å². The van der Waals surface area contributed by atoms with E-state index in [0.29, 0.717) is 53.5 Å². The molecule has 0 saturated carbocycles. The zero-order chi connectivity index (χ0) is 16.2. The van der Waals surface area contributed by atoms with Gasteiger partial charge >= 0.3 is 0 Å². The zero-order valence-electron chi connectivity index (χ0n) is 12.1. The molecular weight excluding hydrogens is 339 g/mol. The van der Waals surface area contributed by atoms with E-state index in [2.05, 4.69) is 15.3 Å². The number of rotatable bonds is 3. The number of benzene rings is 1. The molecule has 3 rings (SSSR count). The number of para-hydroxylation sites is 1. The normalized spacial score (nSPS) is 14.6. The summed E-state index contributed by atoms with van der Waals surface area (Å²) in [4.78, 5) is 22.3. The van der Waals surface area contributed by atoms with Crippen molar-refractivity contribution in [3.8, 4) is 0 Å². The molecule has 1 aliphatic rings. The number of hydrogen-bond donors (Lipinski definition) is 1. The quantitative estimate of drug-likeness (QED) is 0.919. The monoisotopic (exact) mass is 352 g/mol. The highest BCUT2D eigenvalue weighted by Crippen LogP contribution is 2.31. The van der Waals surface area contributed by atoms with Crippen molar-refractivity contribution >= 4 is 40.7 Å². The lowest BCUT2D eigenvalue weighted by molar-refractivity contribution is 0.0302. The van der Waals surface area contributed by atoms with Gasteiger partial charge in [0, 0.05) is 25.5 Å². The number of carbonyl (C=O) groups is 1. The average molecular weight is 353 g/mol. The number of morpholine rings is 1. The smallest absolute Gasteiger partial charge is 0.257 e. The van der Waals surface area contributed by atoms with Crippen molar-refractivity contribution in [1.29, 1.82) is 0 Å². The second kappa shape index (κ2) is 7.12. The van der Waals surface area contributed by atoms with Crippen molar-refractivity contribution in [2.45, 2.75) is 0 Å². The van der Waals surface area contributed by atoms with E-state index in [-0.39, 0.29) is 5.91 Å². The minimum atomic E-state index is -0.101. The van der Waals surface area contributed by atoms with Crippen LogP contribution in [-0.4, -0.2) is 47.1 Å². The van der Waals surface area contributed by atoms with Gasteiger partial charge in [-0.15, -0.1) is 0 Å². The molecule has 0 bridgehead atoms. The summed E-state index contributed by atoms with van der Waals surface area (Å²) in [5.74, 6) is 0.217. The van der Waals surface area contributed by atoms with Crippen LogP contribution >= 0.6 is 23.2 Å². The lowest BCUT2D eigenvalue weighted by Crippen LogP contribution is -2.40. The Morgan fingerprint density at radius 1 is 1.13 bits per heavy atom. The first kappa shape index (κ1) is 16.0. The molecule has 1 fully saturated rings. The maximum Gasteiger partial charge on any atom is 0.257 e. The molecule has 1 saturated heterocycles. The largest absolute Gasteiger partial charge is 0.378 e. The maximum absolute atomic E-state index is 12.3. The molecular formula is C15H14Cl2N4O2. The van der Waals surface area contributed by atoms with E-state index >= 15 is 0 Å². The molecule has 23 heavy (non-hydrogen) atoms. The van der Waals surface area contributed by atoms with Crippen molar-refractivity contribution in [3.05, 3.63) is 46.2 Å². The Bertz CT molecular complexity index is 683. The summed E-state index contributed by atoms with van der Waals surface area (Å²) in [5, 5.41) is 3.89. The van der Waals surface area contributed by atoms with Crippen LogP contribution in [0.1, 0.15) is 10.4 Å². The van der Waals surface area contributed by atoms with Crippen LogP contribution in [0, 0.1) is 0 Å². The van der Waals surface area contributed by atoms with Gasteiger partial charge in [0.1, 0.15) is 0 Å². The van der Waals surface area contributed by atoms with Gasteiger partial charge in [0.05, 0.1) is 34.5 Å². The van der Waals surface area contributed by atoms with Crippen LogP contribution in [0.2, 0.25) is 10.0 Å². The number of ether oxygens (including phenoxy) is 1. The van der Waals surface area contributed by atoms with E-state index in [1.165, 1.54) is 12.4 Å². The number of hydrogen-bond acceptors (Lipinski definition) is 5. The minimum absolute atomic E-state index is 0.101. The number of amides is 1. The van der Waals surface area contributed by atoms with Crippen LogP contribution in [-0.2, 0) is 4.74 Å². The van der Waals surface area contributed by atoms with Crippen molar-refractivity contribution < 1.29 is 9.53 Å². The Hall–Kier alpha value is -1.89. The molecule has 1 N–H and O–H groups in total. The SMILES string of the molecule is O=C(c1cnc(Nc2c(Cl)cccc2Cl)nc1)N1CCOCC1. The lowest BCUT2D eigenvalue weighted by Gasteiger charge is -2.26. The van der Waals surface area contributed by atoms with E-state index < -0.39 is 0 Å². The molecule has 0 spiro atoms. The van der Waals surface area contributed by atoms with Crippen LogP contribution in [0.3, 0.4) is 0 Å². The van der Waals surface area contributed by atoms with Gasteiger partial charge in [0.25, 0.3) is 5.91 Å². The Balaban J connectivity index is 1.73. The Labute approximate surface area is 143 Å². The van der Waals surface area contributed by atoms with E-state index in [1.54, 1.807) is 23.1 Å². The van der Waals surface area contributed by atoms with Gasteiger partial charge < -0.3 is 15.0 Å². The number of nitrogens with zero attached hydrogens (tertiary/aromatic N) is 3. The summed E-state index contributed by atoms with van der Waals surface area (Å²) in [5.41, 5.74) is 0.964. The summed E-state index contributed by atoms with van der Waals surface area (Å²) in [6, 6.07) is 5.18. The second-order valence-corrected chi connectivity index (χ2v) is 5.74. The number of halogens is 2. The molecule has 1 aliphatic heterocycles. The maximum atomic E-state index is 12.3. The fourth-order valence-electron chi connectivity index (χ4n) is 2.18. The van der Waals surface area contributed by atoms with E-state index in [1.807, 2.05) is 0 Å². The van der Waals surface area contributed by atoms with Gasteiger partial charge in [-0.25, -0.2) is 9.97 Å². The van der Waals surface area contributed by atoms with Crippen molar-refractivity contribution in [2.24, 2.45) is 0 Å². The zero-order valence-corrected chi connectivity index (χ0v) is 13.6. The van der Waals surface area contributed by atoms with Gasteiger partial charge in [0.2, 0.25) is 5.95 Å². The lowest BCUT2D eigenvalue weighted by atomic mass is 10.3. The number of nitrogens with one attached hydrogen (secondary N) is 1. The highest BCUT2D eigenvalue weighted by molar-refractivity contribution is 6.39. The number of aromatic nitrogens is 2. The van der Waals surface area contributed by atoms with Crippen LogP contribution < -0.4 is 5.32 Å². The topological polar surface area (TPSA) is 67.4 Å². The summed E-state index contributed by atoms with van der Waals surface area (Å²) >= 11 is 12.2. The highest BCUT2D eigenvalue weighted by Gasteiger charge is 2.19. The summed E-state index contributed by atoms with van der Waals surface area (Å²) in [7, 11) is 0. The van der Waals surface area contributed by atoms with E-state index in [4.69, 9.17) is 27.9 Å². The third-order valence-corrected chi connectivity index (χ3v) is 4.03. The van der Waals surface area contributed by atoms with Crippen molar-refractivity contribution in [2.75, 3.05) is 31.6 Å². The second-order valence-electron chi connectivity index (χ2n) is 4.92. The Morgan fingerprint density at radius 3 is 2.35 bits per heavy atom. The van der Waals surface area contributed by atoms with Gasteiger partial charge in [-0.3, -0.25) is 4.79 Å². The summed E-state index contributed by atoms with van der Waals surface area (Å²) in [6.45, 7) is 2.26. The van der Waals surface area contributed by atoms with Crippen LogP contribution in [0.15, 0.2) is 30.6 Å². The molecule has 0 aliphatic carbocycles. The molecule has 0 radical (unpaired) electrons. The first-order chi connectivity index (χ1) is 11.1. The summed E-state index contributed by atoms with van der Waals surface area (Å²) in [6.07, 6.45) is 2.97. The standard InChI is InChI=1S/C15H14Cl2N4O2/c16-11-2-1-3-12(17)13(11)20-15-18-8-10(9-19-15)14(22)21-4-6-23-7-5-21/h1-3,8-9H,4-7H2,(H,18,19,20). The van der Waals surface area contributed by atoms with Gasteiger partial charge in [-0.1, -0.05) is 29.3 Å². The molecule has 0 atom stereocenters. The average Bonchev–Trinajstić information content (AvgIpc) is 2.59. The summed E-state index contributed by atoms with van der Waals surface area (Å²) < 4.78 is 5.23. The highest BCUT2D eigenvalue weighted by atomic mass is 35.5. The third-order valence-electron chi connectivity index (χ3n) is 3.40.